The van der Waals surface area contributed by atoms with E-state index in [-0.39, 0.29) is 5.90 Å². The molecule has 0 aromatic heterocycles. The van der Waals surface area contributed by atoms with Crippen molar-refractivity contribution in [3.8, 4) is 0 Å². The monoisotopic (exact) mass is 535 g/mol. The molecule has 0 fully saturated rings. The SMILES string of the molecule is CC(=N[Si](C)(C)C)O[Si](C)(C)CCC(F)(F)C(F)(F)C(F)(F)C(F)(F)C(F)(F)C(F)(F)F. The molecule has 17 heteroatoms. The van der Waals surface area contributed by atoms with Gasteiger partial charge in [-0.3, -0.25) is 4.66 Å². The first-order valence-electron chi connectivity index (χ1n) is 8.77. The van der Waals surface area contributed by atoms with Gasteiger partial charge in [0.25, 0.3) is 0 Å². The van der Waals surface area contributed by atoms with Gasteiger partial charge in [-0.1, -0.05) is 0 Å². The van der Waals surface area contributed by atoms with Crippen molar-refractivity contribution in [1.29, 1.82) is 0 Å². The smallest absolute Gasteiger partial charge is 0.460 e. The van der Waals surface area contributed by atoms with E-state index in [1.807, 2.05) is 0 Å². The van der Waals surface area contributed by atoms with Crippen molar-refractivity contribution in [1.82, 2.24) is 0 Å². The quantitative estimate of drug-likeness (QED) is 0.129. The Kier molecular flexibility index (Phi) is 8.38. The summed E-state index contributed by atoms with van der Waals surface area (Å²) in [6.07, 6.45) is -9.66. The number of nitrogens with zero attached hydrogens (tertiary/aromatic N) is 1. The van der Waals surface area contributed by atoms with Crippen LogP contribution in [-0.2, 0) is 4.43 Å². The minimum atomic E-state index is -7.88. The Labute approximate surface area is 177 Å². The van der Waals surface area contributed by atoms with E-state index in [4.69, 9.17) is 4.43 Å². The van der Waals surface area contributed by atoms with Crippen LogP contribution in [0, 0.1) is 0 Å². The Bertz CT molecular complexity index is 696. The highest BCUT2D eigenvalue weighted by molar-refractivity contribution is 6.76. The van der Waals surface area contributed by atoms with Gasteiger partial charge in [0.1, 0.15) is 0 Å². The van der Waals surface area contributed by atoms with Crippen molar-refractivity contribution < 1.29 is 61.5 Å². The predicted octanol–water partition coefficient (Wildman–Crippen LogP) is 7.59. The van der Waals surface area contributed by atoms with Crippen LogP contribution in [0.25, 0.3) is 0 Å². The fourth-order valence-electron chi connectivity index (χ4n) is 2.36. The molecule has 0 aliphatic heterocycles. The molecule has 0 rings (SSSR count). The summed E-state index contributed by atoms with van der Waals surface area (Å²) in [5, 5.41) is 0. The van der Waals surface area contributed by atoms with Crippen molar-refractivity contribution in [2.75, 3.05) is 0 Å². The molecule has 0 heterocycles. The summed E-state index contributed by atoms with van der Waals surface area (Å²) in [5.74, 6) is -36.7. The molecule has 0 aliphatic carbocycles. The second-order valence-electron chi connectivity index (χ2n) is 8.66. The van der Waals surface area contributed by atoms with Gasteiger partial charge in [-0.15, -0.1) is 0 Å². The Hall–Kier alpha value is -1.01. The van der Waals surface area contributed by atoms with Gasteiger partial charge in [-0.05, 0) is 38.8 Å². The predicted molar refractivity (Wildman–Crippen MR) is 95.2 cm³/mol. The second kappa shape index (κ2) is 8.65. The first-order valence-corrected chi connectivity index (χ1v) is 15.3. The summed E-state index contributed by atoms with van der Waals surface area (Å²) >= 11 is 0. The topological polar surface area (TPSA) is 21.6 Å². The van der Waals surface area contributed by atoms with Crippen LogP contribution in [0.15, 0.2) is 4.66 Å². The molecule has 0 amide bonds. The molecule has 0 spiro atoms. The van der Waals surface area contributed by atoms with Crippen LogP contribution in [0.5, 0.6) is 0 Å². The standard InChI is InChI=1S/C15H22F13NOSi2/c1-9(29-31(2,3)4)30-32(5,6)8-7-10(16,17)11(18,19)12(20,21)13(22,23)14(24,25)15(26,27)28/h7-8H2,1-6H3. The average molecular weight is 535 g/mol. The third kappa shape index (κ3) is 6.11. The normalized spacial score (nSPS) is 16.4. The number of alkyl halides is 13. The molecule has 0 radical (unpaired) electrons. The second-order valence-corrected chi connectivity index (χ2v) is 17.5. The Morgan fingerprint density at radius 2 is 1.03 bits per heavy atom. The van der Waals surface area contributed by atoms with E-state index in [0.717, 1.165) is 0 Å². The minimum Gasteiger partial charge on any atom is -0.535 e. The van der Waals surface area contributed by atoms with E-state index in [9.17, 15) is 57.1 Å². The summed E-state index contributed by atoms with van der Waals surface area (Å²) in [6, 6.07) is -1.06. The van der Waals surface area contributed by atoms with Crippen molar-refractivity contribution >= 4 is 22.5 Å². The summed E-state index contributed by atoms with van der Waals surface area (Å²) < 4.78 is 180. The fourth-order valence-corrected chi connectivity index (χ4v) is 5.31. The molecule has 0 aromatic carbocycles. The Morgan fingerprint density at radius 1 is 0.656 bits per heavy atom. The van der Waals surface area contributed by atoms with Crippen LogP contribution < -0.4 is 0 Å². The fraction of sp³-hybridized carbons (Fsp3) is 0.933. The van der Waals surface area contributed by atoms with E-state index >= 15 is 0 Å². The first-order chi connectivity index (χ1) is 13.6. The van der Waals surface area contributed by atoms with E-state index in [1.54, 1.807) is 19.6 Å². The molecule has 32 heavy (non-hydrogen) atoms. The molecule has 0 bridgehead atoms. The molecule has 0 saturated heterocycles. The van der Waals surface area contributed by atoms with Crippen molar-refractivity contribution in [2.24, 2.45) is 4.66 Å². The molecule has 192 valence electrons. The zero-order chi connectivity index (χ0) is 26.4. The lowest BCUT2D eigenvalue weighted by Crippen LogP contribution is -2.70. The number of rotatable bonds is 9. The van der Waals surface area contributed by atoms with E-state index in [2.05, 4.69) is 4.66 Å². The van der Waals surface area contributed by atoms with Gasteiger partial charge < -0.3 is 4.43 Å². The summed E-state index contributed by atoms with van der Waals surface area (Å²) in [6.45, 7) is 8.92. The largest absolute Gasteiger partial charge is 0.535 e. The highest BCUT2D eigenvalue weighted by Gasteiger charge is 2.90. The first kappa shape index (κ1) is 31.0. The van der Waals surface area contributed by atoms with Crippen LogP contribution in [0.4, 0.5) is 57.1 Å². The molecular weight excluding hydrogens is 513 g/mol. The lowest BCUT2D eigenvalue weighted by Gasteiger charge is -2.40. The lowest BCUT2D eigenvalue weighted by molar-refractivity contribution is -0.439. The maximum absolute atomic E-state index is 13.9. The molecular formula is C15H22F13NOSi2. The lowest BCUT2D eigenvalue weighted by atomic mass is 9.93. The Balaban J connectivity index is 5.89. The molecule has 0 unspecified atom stereocenters. The van der Waals surface area contributed by atoms with Crippen molar-refractivity contribution in [3.05, 3.63) is 0 Å². The van der Waals surface area contributed by atoms with Gasteiger partial charge in [0.2, 0.25) is 8.32 Å². The van der Waals surface area contributed by atoms with Crippen LogP contribution in [-0.4, -0.2) is 58.2 Å². The highest BCUT2D eigenvalue weighted by Crippen LogP contribution is 2.60. The van der Waals surface area contributed by atoms with Gasteiger partial charge in [0, 0.05) is 13.3 Å². The highest BCUT2D eigenvalue weighted by atomic mass is 28.4. The van der Waals surface area contributed by atoms with Gasteiger partial charge in [0.05, 0.1) is 0 Å². The zero-order valence-electron chi connectivity index (χ0n) is 17.7. The minimum absolute atomic E-state index is 0.0161. The molecule has 2 nitrogen and oxygen atoms in total. The molecule has 0 saturated carbocycles. The van der Waals surface area contributed by atoms with Crippen LogP contribution >= 0.6 is 0 Å². The van der Waals surface area contributed by atoms with Crippen LogP contribution in [0.1, 0.15) is 13.3 Å². The molecule has 0 atom stereocenters. The number of hydrogen-bond donors (Lipinski definition) is 0. The summed E-state index contributed by atoms with van der Waals surface area (Å²) in [4.78, 5) is 0. The number of hydrogen-bond acceptors (Lipinski definition) is 2. The van der Waals surface area contributed by atoms with Crippen LogP contribution in [0.3, 0.4) is 0 Å². The van der Waals surface area contributed by atoms with E-state index in [0.29, 0.717) is 0 Å². The number of halogens is 13. The van der Waals surface area contributed by atoms with Gasteiger partial charge in [0.15, 0.2) is 14.1 Å². The van der Waals surface area contributed by atoms with Crippen molar-refractivity contribution in [3.63, 3.8) is 0 Å². The molecule has 0 N–H and O–H groups in total. The van der Waals surface area contributed by atoms with Gasteiger partial charge >= 0.3 is 35.8 Å². The van der Waals surface area contributed by atoms with Gasteiger partial charge in [-0.2, -0.15) is 57.1 Å². The third-order valence-electron chi connectivity index (χ3n) is 3.96. The maximum Gasteiger partial charge on any atom is 0.460 e. The Morgan fingerprint density at radius 3 is 1.38 bits per heavy atom. The maximum atomic E-state index is 13.9. The van der Waals surface area contributed by atoms with E-state index < -0.39 is 64.8 Å². The van der Waals surface area contributed by atoms with E-state index in [1.165, 1.54) is 20.0 Å². The van der Waals surface area contributed by atoms with Crippen LogP contribution in [0.2, 0.25) is 38.8 Å². The summed E-state index contributed by atoms with van der Waals surface area (Å²) in [7, 11) is -5.53. The molecule has 0 aliphatic rings. The third-order valence-corrected chi connectivity index (χ3v) is 7.24. The van der Waals surface area contributed by atoms with Gasteiger partial charge in [-0.25, -0.2) is 0 Å². The average Bonchev–Trinajstić information content (AvgIpc) is 2.48. The summed E-state index contributed by atoms with van der Waals surface area (Å²) in [5.41, 5.74) is 0. The zero-order valence-corrected chi connectivity index (χ0v) is 19.7. The molecule has 0 aromatic rings. The van der Waals surface area contributed by atoms with Crippen molar-refractivity contribution in [2.45, 2.75) is 87.9 Å².